The maximum absolute atomic E-state index is 14.0. The molecule has 1 heterocycles. The molecule has 0 spiro atoms. The van der Waals surface area contributed by atoms with Gasteiger partial charge in [-0.3, -0.25) is 19.1 Å². The highest BCUT2D eigenvalue weighted by Crippen LogP contribution is 2.21. The molecule has 0 saturated carbocycles. The lowest BCUT2D eigenvalue weighted by atomic mass is 10.1. The zero-order valence-electron chi connectivity index (χ0n) is 16.5. The molecule has 0 aliphatic heterocycles. The molecule has 8 heteroatoms. The average molecular weight is 390 g/mol. The Balaban J connectivity index is 2.59. The van der Waals surface area contributed by atoms with Gasteiger partial charge in [-0.15, -0.1) is 0 Å². The standard InChI is InChI=1S/C20H27FN4O3/c1-4-6-10-24(19(27)14-9-8-13(3)15(21)12-14)16-17(22)25(11-7-5-2)20(28)23-18(16)26/h8-9,12H,4-7,10-11,22H2,1-3H3,(H,23,26,28). The van der Waals surface area contributed by atoms with E-state index in [0.717, 1.165) is 18.9 Å². The molecule has 152 valence electrons. The second-order valence-corrected chi connectivity index (χ2v) is 6.77. The largest absolute Gasteiger partial charge is 0.383 e. The second-order valence-electron chi connectivity index (χ2n) is 6.77. The molecule has 3 N–H and O–H groups in total. The van der Waals surface area contributed by atoms with Crippen LogP contribution in [0.3, 0.4) is 0 Å². The van der Waals surface area contributed by atoms with Gasteiger partial charge in [0.25, 0.3) is 11.5 Å². The predicted octanol–water partition coefficient (Wildman–Crippen LogP) is 2.81. The molecular weight excluding hydrogens is 363 g/mol. The maximum atomic E-state index is 14.0. The Bertz CT molecular complexity index is 965. The van der Waals surface area contributed by atoms with E-state index in [1.807, 2.05) is 13.8 Å². The summed E-state index contributed by atoms with van der Waals surface area (Å²) in [6.45, 7) is 6.08. The van der Waals surface area contributed by atoms with Crippen LogP contribution in [-0.2, 0) is 6.54 Å². The number of hydrogen-bond donors (Lipinski definition) is 2. The fourth-order valence-corrected chi connectivity index (χ4v) is 2.89. The van der Waals surface area contributed by atoms with Gasteiger partial charge in [0, 0.05) is 18.7 Å². The molecule has 0 bridgehead atoms. The van der Waals surface area contributed by atoms with Crippen molar-refractivity contribution in [1.29, 1.82) is 0 Å². The summed E-state index contributed by atoms with van der Waals surface area (Å²) in [4.78, 5) is 41.3. The first-order valence-corrected chi connectivity index (χ1v) is 9.52. The van der Waals surface area contributed by atoms with E-state index in [0.29, 0.717) is 24.9 Å². The molecule has 0 fully saturated rings. The Labute approximate surface area is 163 Å². The fraction of sp³-hybridized carbons (Fsp3) is 0.450. The van der Waals surface area contributed by atoms with E-state index in [1.54, 1.807) is 6.92 Å². The van der Waals surface area contributed by atoms with Gasteiger partial charge in [-0.2, -0.15) is 0 Å². The number of nitrogens with one attached hydrogen (secondary N) is 1. The Morgan fingerprint density at radius 1 is 1.21 bits per heavy atom. The van der Waals surface area contributed by atoms with Gasteiger partial charge < -0.3 is 10.6 Å². The van der Waals surface area contributed by atoms with E-state index < -0.39 is 23.0 Å². The zero-order valence-corrected chi connectivity index (χ0v) is 16.5. The van der Waals surface area contributed by atoms with Crippen LogP contribution in [0.2, 0.25) is 0 Å². The molecule has 0 aliphatic carbocycles. The number of benzene rings is 1. The van der Waals surface area contributed by atoms with Crippen LogP contribution in [0, 0.1) is 12.7 Å². The van der Waals surface area contributed by atoms with E-state index >= 15 is 0 Å². The van der Waals surface area contributed by atoms with E-state index in [9.17, 15) is 18.8 Å². The summed E-state index contributed by atoms with van der Waals surface area (Å²) < 4.78 is 15.2. The Hall–Kier alpha value is -2.90. The Morgan fingerprint density at radius 3 is 2.50 bits per heavy atom. The minimum atomic E-state index is -0.729. The van der Waals surface area contributed by atoms with Crippen molar-refractivity contribution >= 4 is 17.4 Å². The zero-order chi connectivity index (χ0) is 20.8. The molecule has 2 rings (SSSR count). The summed E-state index contributed by atoms with van der Waals surface area (Å²) in [6, 6.07) is 4.17. The van der Waals surface area contributed by atoms with Crippen molar-refractivity contribution < 1.29 is 9.18 Å². The number of aryl methyl sites for hydroxylation is 1. The maximum Gasteiger partial charge on any atom is 0.330 e. The van der Waals surface area contributed by atoms with Gasteiger partial charge in [-0.25, -0.2) is 9.18 Å². The number of halogens is 1. The number of anilines is 2. The summed E-state index contributed by atoms with van der Waals surface area (Å²) in [5, 5.41) is 0. The predicted molar refractivity (Wildman–Crippen MR) is 108 cm³/mol. The number of rotatable bonds is 8. The van der Waals surface area contributed by atoms with Gasteiger partial charge in [0.15, 0.2) is 5.69 Å². The fourth-order valence-electron chi connectivity index (χ4n) is 2.89. The number of nitrogen functional groups attached to an aromatic ring is 1. The van der Waals surface area contributed by atoms with Crippen molar-refractivity contribution in [3.63, 3.8) is 0 Å². The van der Waals surface area contributed by atoms with Crippen LogP contribution in [0.5, 0.6) is 0 Å². The number of unbranched alkanes of at least 4 members (excludes halogenated alkanes) is 2. The summed E-state index contributed by atoms with van der Waals surface area (Å²) in [5.74, 6) is -1.10. The van der Waals surface area contributed by atoms with E-state index in [1.165, 1.54) is 21.6 Å². The smallest absolute Gasteiger partial charge is 0.330 e. The molecule has 0 saturated heterocycles. The lowest BCUT2D eigenvalue weighted by Crippen LogP contribution is -2.41. The lowest BCUT2D eigenvalue weighted by molar-refractivity contribution is 0.0985. The first-order valence-electron chi connectivity index (χ1n) is 9.52. The summed E-state index contributed by atoms with van der Waals surface area (Å²) in [5.41, 5.74) is 5.27. The van der Waals surface area contributed by atoms with Gasteiger partial charge in [0.05, 0.1) is 0 Å². The van der Waals surface area contributed by atoms with Crippen LogP contribution in [0.15, 0.2) is 27.8 Å². The van der Waals surface area contributed by atoms with E-state index in [2.05, 4.69) is 4.98 Å². The highest BCUT2D eigenvalue weighted by molar-refractivity contribution is 6.07. The Morgan fingerprint density at radius 2 is 1.89 bits per heavy atom. The topological polar surface area (TPSA) is 101 Å². The van der Waals surface area contributed by atoms with Crippen molar-refractivity contribution in [3.05, 3.63) is 56.0 Å². The number of nitrogens with two attached hydrogens (primary N) is 1. The van der Waals surface area contributed by atoms with Gasteiger partial charge >= 0.3 is 5.69 Å². The molecule has 0 atom stereocenters. The van der Waals surface area contributed by atoms with Crippen LogP contribution in [0.4, 0.5) is 15.9 Å². The van der Waals surface area contributed by atoms with Crippen LogP contribution in [-0.4, -0.2) is 22.0 Å². The van der Waals surface area contributed by atoms with Crippen molar-refractivity contribution in [3.8, 4) is 0 Å². The first-order chi connectivity index (χ1) is 13.3. The first kappa shape index (κ1) is 21.4. The molecular formula is C20H27FN4O3. The number of hydrogen-bond acceptors (Lipinski definition) is 4. The minimum Gasteiger partial charge on any atom is -0.383 e. The molecule has 1 aromatic heterocycles. The second kappa shape index (κ2) is 9.34. The third-order valence-corrected chi connectivity index (χ3v) is 4.62. The molecule has 1 aromatic carbocycles. The quantitative estimate of drug-likeness (QED) is 0.724. The van der Waals surface area contributed by atoms with Crippen LogP contribution in [0.1, 0.15) is 55.5 Å². The van der Waals surface area contributed by atoms with Crippen molar-refractivity contribution in [1.82, 2.24) is 9.55 Å². The Kier molecular flexibility index (Phi) is 7.14. The highest BCUT2D eigenvalue weighted by Gasteiger charge is 2.25. The van der Waals surface area contributed by atoms with Crippen molar-refractivity contribution in [2.45, 2.75) is 53.0 Å². The number of H-pyrrole nitrogens is 1. The summed E-state index contributed by atoms with van der Waals surface area (Å²) in [7, 11) is 0. The summed E-state index contributed by atoms with van der Waals surface area (Å²) >= 11 is 0. The van der Waals surface area contributed by atoms with Gasteiger partial charge in [0.2, 0.25) is 0 Å². The molecule has 0 unspecified atom stereocenters. The molecule has 7 nitrogen and oxygen atoms in total. The minimum absolute atomic E-state index is 0.0563. The number of amides is 1. The number of aromatic nitrogens is 2. The van der Waals surface area contributed by atoms with Gasteiger partial charge in [0.1, 0.15) is 11.6 Å². The van der Waals surface area contributed by atoms with Crippen molar-refractivity contribution in [2.24, 2.45) is 0 Å². The molecule has 2 aromatic rings. The molecule has 28 heavy (non-hydrogen) atoms. The number of nitrogens with zero attached hydrogens (tertiary/aromatic N) is 2. The van der Waals surface area contributed by atoms with Crippen LogP contribution < -0.4 is 21.9 Å². The molecule has 0 radical (unpaired) electrons. The van der Waals surface area contributed by atoms with E-state index in [-0.39, 0.29) is 23.6 Å². The normalized spacial score (nSPS) is 10.9. The molecule has 1 amide bonds. The average Bonchev–Trinajstić information content (AvgIpc) is 2.65. The third kappa shape index (κ3) is 4.49. The van der Waals surface area contributed by atoms with Crippen LogP contribution in [0.25, 0.3) is 0 Å². The van der Waals surface area contributed by atoms with Gasteiger partial charge in [-0.05, 0) is 37.5 Å². The third-order valence-electron chi connectivity index (χ3n) is 4.62. The number of carbonyl (C=O) groups is 1. The number of aromatic amines is 1. The molecule has 0 aliphatic rings. The SMILES string of the molecule is CCCCN(C(=O)c1ccc(C)c(F)c1)c1c(N)n(CCCC)c(=O)[nH]c1=O. The van der Waals surface area contributed by atoms with Crippen LogP contribution >= 0.6 is 0 Å². The monoisotopic (exact) mass is 390 g/mol. The highest BCUT2D eigenvalue weighted by atomic mass is 19.1. The summed E-state index contributed by atoms with van der Waals surface area (Å²) in [6.07, 6.45) is 2.93. The van der Waals surface area contributed by atoms with Gasteiger partial charge in [-0.1, -0.05) is 32.8 Å². The number of carbonyl (C=O) groups excluding carboxylic acids is 1. The lowest BCUT2D eigenvalue weighted by Gasteiger charge is -2.24. The van der Waals surface area contributed by atoms with Crippen molar-refractivity contribution in [2.75, 3.05) is 17.2 Å². The van der Waals surface area contributed by atoms with E-state index in [4.69, 9.17) is 5.73 Å².